The van der Waals surface area contributed by atoms with Crippen molar-refractivity contribution in [3.8, 4) is 0 Å². The quantitative estimate of drug-likeness (QED) is 0.734. The maximum absolute atomic E-state index is 13.0. The SMILES string of the molecule is Fc1cccc(NC(=S)Nc2ccc(Br)c(Cl)c2)c1. The fourth-order valence-corrected chi connectivity index (χ4v) is 2.10. The summed E-state index contributed by atoms with van der Waals surface area (Å²) in [5.74, 6) is -0.320. The molecule has 2 aromatic rings. The molecule has 2 N–H and O–H groups in total. The highest BCUT2D eigenvalue weighted by molar-refractivity contribution is 9.10. The van der Waals surface area contributed by atoms with Crippen molar-refractivity contribution < 1.29 is 4.39 Å². The predicted molar refractivity (Wildman–Crippen MR) is 85.4 cm³/mol. The maximum Gasteiger partial charge on any atom is 0.175 e. The van der Waals surface area contributed by atoms with Gasteiger partial charge in [0.1, 0.15) is 5.82 Å². The zero-order valence-corrected chi connectivity index (χ0v) is 12.7. The van der Waals surface area contributed by atoms with Crippen molar-refractivity contribution in [3.63, 3.8) is 0 Å². The van der Waals surface area contributed by atoms with Gasteiger partial charge in [0.25, 0.3) is 0 Å². The minimum atomic E-state index is -0.320. The molecule has 0 atom stereocenters. The molecular formula is C13H9BrClFN2S. The van der Waals surface area contributed by atoms with Gasteiger partial charge in [-0.25, -0.2) is 4.39 Å². The Kier molecular flexibility index (Phi) is 4.74. The molecule has 0 aliphatic carbocycles. The standard InChI is InChI=1S/C13H9BrClFN2S/c14-11-5-4-10(7-12(11)15)18-13(19)17-9-3-1-2-8(16)6-9/h1-7H,(H2,17,18,19). The first-order chi connectivity index (χ1) is 9.04. The van der Waals surface area contributed by atoms with E-state index in [9.17, 15) is 4.39 Å². The largest absolute Gasteiger partial charge is 0.332 e. The Balaban J connectivity index is 2.03. The van der Waals surface area contributed by atoms with E-state index < -0.39 is 0 Å². The minimum absolute atomic E-state index is 0.320. The lowest BCUT2D eigenvalue weighted by molar-refractivity contribution is 0.628. The van der Waals surface area contributed by atoms with Crippen LogP contribution in [0.25, 0.3) is 0 Å². The van der Waals surface area contributed by atoms with Crippen LogP contribution >= 0.6 is 39.7 Å². The molecule has 0 spiro atoms. The molecule has 0 aliphatic heterocycles. The summed E-state index contributed by atoms with van der Waals surface area (Å²) < 4.78 is 13.8. The Morgan fingerprint density at radius 2 is 1.79 bits per heavy atom. The molecule has 0 heterocycles. The summed E-state index contributed by atoms with van der Waals surface area (Å²) in [5, 5.41) is 6.81. The highest BCUT2D eigenvalue weighted by Gasteiger charge is 2.02. The number of halogens is 3. The van der Waals surface area contributed by atoms with Gasteiger partial charge in [0.05, 0.1) is 5.02 Å². The van der Waals surface area contributed by atoms with Gasteiger partial charge in [-0.05, 0) is 64.5 Å². The van der Waals surface area contributed by atoms with Crippen molar-refractivity contribution in [3.05, 3.63) is 57.8 Å². The van der Waals surface area contributed by atoms with Crippen molar-refractivity contribution in [2.45, 2.75) is 0 Å². The molecular weight excluding hydrogens is 351 g/mol. The van der Waals surface area contributed by atoms with Gasteiger partial charge in [-0.3, -0.25) is 0 Å². The summed E-state index contributed by atoms with van der Waals surface area (Å²) in [6.07, 6.45) is 0. The first-order valence-corrected chi connectivity index (χ1v) is 6.91. The smallest absolute Gasteiger partial charge is 0.175 e. The van der Waals surface area contributed by atoms with Gasteiger partial charge < -0.3 is 10.6 Å². The van der Waals surface area contributed by atoms with E-state index in [2.05, 4.69) is 26.6 Å². The van der Waals surface area contributed by atoms with Crippen molar-refractivity contribution in [2.75, 3.05) is 10.6 Å². The normalized spacial score (nSPS) is 10.1. The molecule has 2 nitrogen and oxygen atoms in total. The van der Waals surface area contributed by atoms with Gasteiger partial charge in [0, 0.05) is 15.8 Å². The maximum atomic E-state index is 13.0. The first-order valence-electron chi connectivity index (χ1n) is 5.33. The molecule has 0 aromatic heterocycles. The Bertz CT molecular complexity index is 621. The van der Waals surface area contributed by atoms with Crippen molar-refractivity contribution in [2.24, 2.45) is 0 Å². The topological polar surface area (TPSA) is 24.1 Å². The number of nitrogens with one attached hydrogen (secondary N) is 2. The highest BCUT2D eigenvalue weighted by atomic mass is 79.9. The molecule has 98 valence electrons. The molecule has 2 aromatic carbocycles. The van der Waals surface area contributed by atoms with Crippen LogP contribution in [0.5, 0.6) is 0 Å². The number of hydrogen-bond donors (Lipinski definition) is 2. The van der Waals surface area contributed by atoms with E-state index in [1.54, 1.807) is 18.2 Å². The van der Waals surface area contributed by atoms with Crippen LogP contribution in [0.3, 0.4) is 0 Å². The van der Waals surface area contributed by atoms with Crippen molar-refractivity contribution >= 4 is 56.2 Å². The van der Waals surface area contributed by atoms with Crippen LogP contribution in [0.2, 0.25) is 5.02 Å². The third-order valence-electron chi connectivity index (χ3n) is 2.26. The highest BCUT2D eigenvalue weighted by Crippen LogP contribution is 2.25. The molecule has 0 fully saturated rings. The molecule has 19 heavy (non-hydrogen) atoms. The molecule has 0 saturated heterocycles. The van der Waals surface area contributed by atoms with Crippen LogP contribution < -0.4 is 10.6 Å². The second kappa shape index (κ2) is 6.32. The average Bonchev–Trinajstić information content (AvgIpc) is 2.34. The molecule has 0 radical (unpaired) electrons. The van der Waals surface area contributed by atoms with Crippen LogP contribution in [-0.2, 0) is 0 Å². The number of benzene rings is 2. The first kappa shape index (κ1) is 14.2. The lowest BCUT2D eigenvalue weighted by Gasteiger charge is -2.11. The summed E-state index contributed by atoms with van der Waals surface area (Å²) >= 11 is 14.4. The molecule has 0 bridgehead atoms. The van der Waals surface area contributed by atoms with E-state index in [1.165, 1.54) is 12.1 Å². The molecule has 0 aliphatic rings. The lowest BCUT2D eigenvalue weighted by atomic mass is 10.3. The summed E-state index contributed by atoms with van der Waals surface area (Å²) in [4.78, 5) is 0. The molecule has 2 rings (SSSR count). The summed E-state index contributed by atoms with van der Waals surface area (Å²) in [6, 6.07) is 11.5. The number of rotatable bonds is 2. The van der Waals surface area contributed by atoms with E-state index in [1.807, 2.05) is 12.1 Å². The number of thiocarbonyl (C=S) groups is 1. The zero-order valence-electron chi connectivity index (χ0n) is 9.58. The van der Waals surface area contributed by atoms with Gasteiger partial charge >= 0.3 is 0 Å². The third kappa shape index (κ3) is 4.16. The summed E-state index contributed by atoms with van der Waals surface area (Å²) in [5.41, 5.74) is 1.34. The van der Waals surface area contributed by atoms with E-state index in [0.29, 0.717) is 15.8 Å². The van der Waals surface area contributed by atoms with Gasteiger partial charge in [0.2, 0.25) is 0 Å². The second-order valence-electron chi connectivity index (χ2n) is 3.72. The Morgan fingerprint density at radius 3 is 2.42 bits per heavy atom. The van der Waals surface area contributed by atoms with Crippen molar-refractivity contribution in [1.82, 2.24) is 0 Å². The van der Waals surface area contributed by atoms with Crippen LogP contribution in [-0.4, -0.2) is 5.11 Å². The predicted octanol–water partition coefficient (Wildman–Crippen LogP) is 5.05. The molecule has 6 heteroatoms. The minimum Gasteiger partial charge on any atom is -0.332 e. The fraction of sp³-hybridized carbons (Fsp3) is 0. The average molecular weight is 360 g/mol. The van der Waals surface area contributed by atoms with Gasteiger partial charge in [-0.2, -0.15) is 0 Å². The monoisotopic (exact) mass is 358 g/mol. The van der Waals surface area contributed by atoms with Gasteiger partial charge in [-0.15, -0.1) is 0 Å². The second-order valence-corrected chi connectivity index (χ2v) is 5.39. The Labute approximate surface area is 129 Å². The van der Waals surface area contributed by atoms with E-state index >= 15 is 0 Å². The lowest BCUT2D eigenvalue weighted by Crippen LogP contribution is -2.19. The van der Waals surface area contributed by atoms with E-state index in [4.69, 9.17) is 23.8 Å². The molecule has 0 unspecified atom stereocenters. The van der Waals surface area contributed by atoms with Crippen molar-refractivity contribution in [1.29, 1.82) is 0 Å². The van der Waals surface area contributed by atoms with Gasteiger partial charge in [0.15, 0.2) is 5.11 Å². The summed E-state index contributed by atoms with van der Waals surface area (Å²) in [6.45, 7) is 0. The van der Waals surface area contributed by atoms with E-state index in [0.717, 1.165) is 10.2 Å². The van der Waals surface area contributed by atoms with Crippen LogP contribution in [0.15, 0.2) is 46.9 Å². The Morgan fingerprint density at radius 1 is 1.11 bits per heavy atom. The number of anilines is 2. The van der Waals surface area contributed by atoms with Gasteiger partial charge in [-0.1, -0.05) is 17.7 Å². The van der Waals surface area contributed by atoms with E-state index in [-0.39, 0.29) is 5.82 Å². The van der Waals surface area contributed by atoms with Crippen LogP contribution in [0.1, 0.15) is 0 Å². The third-order valence-corrected chi connectivity index (χ3v) is 3.70. The molecule has 0 amide bonds. The zero-order chi connectivity index (χ0) is 13.8. The van der Waals surface area contributed by atoms with Crippen LogP contribution in [0.4, 0.5) is 15.8 Å². The fourth-order valence-electron chi connectivity index (χ4n) is 1.43. The molecule has 0 saturated carbocycles. The Hall–Kier alpha value is -1.17. The number of hydrogen-bond acceptors (Lipinski definition) is 1. The van der Waals surface area contributed by atoms with Crippen LogP contribution in [0, 0.1) is 5.82 Å². The summed E-state index contributed by atoms with van der Waals surface area (Å²) in [7, 11) is 0.